The van der Waals surface area contributed by atoms with Crippen molar-refractivity contribution in [3.05, 3.63) is 78.2 Å². The average molecular weight is 309 g/mol. The maximum atomic E-state index is 13.7. The van der Waals surface area contributed by atoms with Crippen LogP contribution >= 0.6 is 11.3 Å². The van der Waals surface area contributed by atoms with Crippen molar-refractivity contribution in [2.24, 2.45) is 0 Å². The van der Waals surface area contributed by atoms with E-state index in [0.717, 1.165) is 17.6 Å². The molecule has 110 valence electrons. The number of nitrogens with zero attached hydrogens (tertiary/aromatic N) is 1. The van der Waals surface area contributed by atoms with Crippen LogP contribution in [0, 0.1) is 5.82 Å². The fourth-order valence-electron chi connectivity index (χ4n) is 2.40. The first-order valence-corrected chi connectivity index (χ1v) is 7.97. The van der Waals surface area contributed by atoms with Crippen molar-refractivity contribution in [3.63, 3.8) is 0 Å². The van der Waals surface area contributed by atoms with E-state index >= 15 is 0 Å². The summed E-state index contributed by atoms with van der Waals surface area (Å²) in [5.41, 5.74) is 3.21. The molecule has 0 bridgehead atoms. The molecule has 2 heterocycles. The Morgan fingerprint density at radius 1 is 1.09 bits per heavy atom. The molecule has 3 aromatic rings. The summed E-state index contributed by atoms with van der Waals surface area (Å²) in [7, 11) is 0. The van der Waals surface area contributed by atoms with Crippen LogP contribution < -0.4 is 0 Å². The van der Waals surface area contributed by atoms with E-state index in [2.05, 4.69) is 47.8 Å². The molecular formula is C19H16FNS. The van der Waals surface area contributed by atoms with Gasteiger partial charge in [0.05, 0.1) is 0 Å². The maximum absolute atomic E-state index is 13.7. The second kappa shape index (κ2) is 6.24. The van der Waals surface area contributed by atoms with Gasteiger partial charge in [0.15, 0.2) is 0 Å². The lowest BCUT2D eigenvalue weighted by Gasteiger charge is -2.09. The molecule has 3 heteroatoms. The van der Waals surface area contributed by atoms with Crippen molar-refractivity contribution < 1.29 is 4.39 Å². The SMILES string of the molecule is C=C(CCC(=C)c1ncccc1F)c1ccc2sccc2c1. The first kappa shape index (κ1) is 14.7. The quantitative estimate of drug-likeness (QED) is 0.568. The molecule has 2 aromatic heterocycles. The number of pyridine rings is 1. The van der Waals surface area contributed by atoms with Crippen molar-refractivity contribution in [1.29, 1.82) is 0 Å². The third-order valence-corrected chi connectivity index (χ3v) is 4.58. The summed E-state index contributed by atoms with van der Waals surface area (Å²) in [4.78, 5) is 4.06. The van der Waals surface area contributed by atoms with E-state index in [-0.39, 0.29) is 5.82 Å². The summed E-state index contributed by atoms with van der Waals surface area (Å²) in [6.07, 6.45) is 2.97. The van der Waals surface area contributed by atoms with Crippen LogP contribution in [-0.4, -0.2) is 4.98 Å². The van der Waals surface area contributed by atoms with E-state index in [1.165, 1.54) is 16.2 Å². The largest absolute Gasteiger partial charge is 0.254 e. The molecule has 0 N–H and O–H groups in total. The normalized spacial score (nSPS) is 10.8. The molecule has 3 rings (SSSR count). The second-order valence-corrected chi connectivity index (χ2v) is 6.16. The Morgan fingerprint density at radius 2 is 1.91 bits per heavy atom. The van der Waals surface area contributed by atoms with Gasteiger partial charge in [0.1, 0.15) is 11.5 Å². The van der Waals surface area contributed by atoms with Crippen LogP contribution in [0.1, 0.15) is 24.1 Å². The minimum absolute atomic E-state index is 0.321. The summed E-state index contributed by atoms with van der Waals surface area (Å²) in [6.45, 7) is 8.10. The fourth-order valence-corrected chi connectivity index (χ4v) is 3.17. The number of halogens is 1. The standard InChI is InChI=1S/C19H16FNS/c1-13(15-7-8-18-16(12-15)9-11-22-18)5-6-14(2)19-17(20)4-3-10-21-19/h3-4,7-12H,1-2,5-6H2. The van der Waals surface area contributed by atoms with E-state index in [1.807, 2.05) is 0 Å². The Kier molecular flexibility index (Phi) is 4.16. The summed E-state index contributed by atoms with van der Waals surface area (Å²) >= 11 is 1.73. The molecule has 1 nitrogen and oxygen atoms in total. The van der Waals surface area contributed by atoms with Crippen LogP contribution in [0.2, 0.25) is 0 Å². The highest BCUT2D eigenvalue weighted by molar-refractivity contribution is 7.17. The van der Waals surface area contributed by atoms with Crippen molar-refractivity contribution in [1.82, 2.24) is 4.98 Å². The number of thiophene rings is 1. The minimum atomic E-state index is -0.321. The molecule has 0 spiro atoms. The number of benzene rings is 1. The minimum Gasteiger partial charge on any atom is -0.254 e. The number of aromatic nitrogens is 1. The molecule has 0 aliphatic carbocycles. The van der Waals surface area contributed by atoms with Crippen LogP contribution in [0.15, 0.2) is 61.1 Å². The number of allylic oxidation sites excluding steroid dienone is 2. The zero-order chi connectivity index (χ0) is 15.5. The lowest BCUT2D eigenvalue weighted by molar-refractivity contribution is 0.615. The maximum Gasteiger partial charge on any atom is 0.149 e. The number of fused-ring (bicyclic) bond motifs is 1. The van der Waals surface area contributed by atoms with E-state index in [1.54, 1.807) is 23.6 Å². The van der Waals surface area contributed by atoms with E-state index in [9.17, 15) is 4.39 Å². The van der Waals surface area contributed by atoms with E-state index in [0.29, 0.717) is 17.7 Å². The predicted molar refractivity (Wildman–Crippen MR) is 93.3 cm³/mol. The third kappa shape index (κ3) is 3.00. The second-order valence-electron chi connectivity index (χ2n) is 5.21. The molecule has 0 saturated heterocycles. The van der Waals surface area contributed by atoms with Gasteiger partial charge in [-0.3, -0.25) is 4.98 Å². The van der Waals surface area contributed by atoms with Gasteiger partial charge in [0.25, 0.3) is 0 Å². The first-order valence-electron chi connectivity index (χ1n) is 7.09. The van der Waals surface area contributed by atoms with Crippen LogP contribution in [0.25, 0.3) is 21.2 Å². The highest BCUT2D eigenvalue weighted by Crippen LogP contribution is 2.28. The predicted octanol–water partition coefficient (Wildman–Crippen LogP) is 5.94. The van der Waals surface area contributed by atoms with Gasteiger partial charge in [0, 0.05) is 10.9 Å². The van der Waals surface area contributed by atoms with Gasteiger partial charge >= 0.3 is 0 Å². The van der Waals surface area contributed by atoms with Gasteiger partial charge in [-0.25, -0.2) is 4.39 Å². The number of hydrogen-bond donors (Lipinski definition) is 0. The first-order chi connectivity index (χ1) is 10.6. The molecule has 0 amide bonds. The Bertz CT molecular complexity index is 847. The van der Waals surface area contributed by atoms with Gasteiger partial charge in [0.2, 0.25) is 0 Å². The summed E-state index contributed by atoms with van der Waals surface area (Å²) < 4.78 is 15.0. The lowest BCUT2D eigenvalue weighted by Crippen LogP contribution is -1.93. The Balaban J connectivity index is 1.69. The van der Waals surface area contributed by atoms with Gasteiger partial charge < -0.3 is 0 Å². The van der Waals surface area contributed by atoms with Crippen LogP contribution in [-0.2, 0) is 0 Å². The monoisotopic (exact) mass is 309 g/mol. The molecule has 0 radical (unpaired) electrons. The van der Waals surface area contributed by atoms with Crippen molar-refractivity contribution in [3.8, 4) is 0 Å². The molecule has 22 heavy (non-hydrogen) atoms. The van der Waals surface area contributed by atoms with E-state index in [4.69, 9.17) is 0 Å². The third-order valence-electron chi connectivity index (χ3n) is 3.68. The van der Waals surface area contributed by atoms with Gasteiger partial charge in [-0.1, -0.05) is 19.2 Å². The zero-order valence-electron chi connectivity index (χ0n) is 12.2. The van der Waals surface area contributed by atoms with Crippen molar-refractivity contribution in [2.45, 2.75) is 12.8 Å². The van der Waals surface area contributed by atoms with Crippen molar-refractivity contribution >= 4 is 32.6 Å². The highest BCUT2D eigenvalue weighted by Gasteiger charge is 2.08. The molecule has 0 unspecified atom stereocenters. The van der Waals surface area contributed by atoms with Gasteiger partial charge in [-0.2, -0.15) is 0 Å². The molecule has 0 aliphatic rings. The highest BCUT2D eigenvalue weighted by atomic mass is 32.1. The molecule has 0 fully saturated rings. The summed E-state index contributed by atoms with van der Waals surface area (Å²) in [6, 6.07) is 11.5. The number of hydrogen-bond acceptors (Lipinski definition) is 2. The summed E-state index contributed by atoms with van der Waals surface area (Å²) in [5, 5.41) is 3.32. The molecule has 0 saturated carbocycles. The van der Waals surface area contributed by atoms with Crippen LogP contribution in [0.4, 0.5) is 4.39 Å². The fraction of sp³-hybridized carbons (Fsp3) is 0.105. The molecule has 0 atom stereocenters. The van der Waals surface area contributed by atoms with Gasteiger partial charge in [-0.05, 0) is 70.6 Å². The van der Waals surface area contributed by atoms with Crippen molar-refractivity contribution in [2.75, 3.05) is 0 Å². The smallest absolute Gasteiger partial charge is 0.149 e. The van der Waals surface area contributed by atoms with E-state index < -0.39 is 0 Å². The lowest BCUT2D eigenvalue weighted by atomic mass is 9.98. The molecular weight excluding hydrogens is 293 g/mol. The topological polar surface area (TPSA) is 12.9 Å². The van der Waals surface area contributed by atoms with Crippen LogP contribution in [0.3, 0.4) is 0 Å². The average Bonchev–Trinajstić information content (AvgIpc) is 3.00. The van der Waals surface area contributed by atoms with Crippen LogP contribution in [0.5, 0.6) is 0 Å². The Labute approximate surface area is 133 Å². The van der Waals surface area contributed by atoms with Gasteiger partial charge in [-0.15, -0.1) is 11.3 Å². The summed E-state index contributed by atoms with van der Waals surface area (Å²) in [5.74, 6) is -0.321. The Morgan fingerprint density at radius 3 is 2.73 bits per heavy atom. The molecule has 0 aliphatic heterocycles. The number of rotatable bonds is 5. The zero-order valence-corrected chi connectivity index (χ0v) is 13.0. The molecule has 1 aromatic carbocycles. The Hall–Kier alpha value is -2.26.